The third-order valence-electron chi connectivity index (χ3n) is 2.69. The number of pyridine rings is 1. The number of esters is 1. The van der Waals surface area contributed by atoms with Gasteiger partial charge in [0.05, 0.1) is 24.8 Å². The molecule has 0 fully saturated rings. The summed E-state index contributed by atoms with van der Waals surface area (Å²) < 4.78 is 48.4. The minimum absolute atomic E-state index is 0.145. The van der Waals surface area contributed by atoms with Gasteiger partial charge in [0, 0.05) is 20.3 Å². The number of nitrogens with zero attached hydrogens (tertiary/aromatic N) is 1. The van der Waals surface area contributed by atoms with Gasteiger partial charge in [-0.05, 0) is 6.04 Å². The van der Waals surface area contributed by atoms with Crippen LogP contribution in [0.25, 0.3) is 0 Å². The molecule has 0 atom stereocenters. The number of carbonyl (C=O) groups is 1. The Bertz CT molecular complexity index is 512. The van der Waals surface area contributed by atoms with Crippen LogP contribution in [-0.2, 0) is 10.9 Å². The van der Waals surface area contributed by atoms with E-state index >= 15 is 0 Å². The molecular formula is C13H18F3NO3Si. The first-order valence-electron chi connectivity index (χ1n) is 6.33. The predicted molar refractivity (Wildman–Crippen MR) is 74.2 cm³/mol. The SMILES string of the molecule is COC(=O)c1cnc(OCC[Si](C)(C)C)cc1C(F)(F)F. The van der Waals surface area contributed by atoms with Crippen molar-refractivity contribution in [3.63, 3.8) is 0 Å². The fraction of sp³-hybridized carbons (Fsp3) is 0.538. The Kier molecular flexibility index (Phi) is 5.38. The first kappa shape index (κ1) is 17.5. The maximum absolute atomic E-state index is 13.0. The van der Waals surface area contributed by atoms with E-state index in [4.69, 9.17) is 4.74 Å². The molecule has 0 aliphatic heterocycles. The van der Waals surface area contributed by atoms with Crippen molar-refractivity contribution >= 4 is 14.0 Å². The van der Waals surface area contributed by atoms with Gasteiger partial charge in [0.25, 0.3) is 0 Å². The van der Waals surface area contributed by atoms with Crippen molar-refractivity contribution < 1.29 is 27.4 Å². The third kappa shape index (κ3) is 5.37. The molecule has 0 saturated heterocycles. The van der Waals surface area contributed by atoms with Crippen molar-refractivity contribution in [2.24, 2.45) is 0 Å². The van der Waals surface area contributed by atoms with E-state index in [0.29, 0.717) is 6.61 Å². The Hall–Kier alpha value is -1.57. The summed E-state index contributed by atoms with van der Waals surface area (Å²) in [4.78, 5) is 15.1. The van der Waals surface area contributed by atoms with Crippen LogP contribution in [-0.4, -0.2) is 32.7 Å². The molecular weight excluding hydrogens is 303 g/mol. The molecule has 0 saturated carbocycles. The Morgan fingerprint density at radius 2 is 1.95 bits per heavy atom. The molecule has 1 aromatic rings. The van der Waals surface area contributed by atoms with E-state index in [1.165, 1.54) is 0 Å². The summed E-state index contributed by atoms with van der Waals surface area (Å²) in [6.45, 7) is 6.69. The summed E-state index contributed by atoms with van der Waals surface area (Å²) in [6, 6.07) is 1.53. The summed E-state index contributed by atoms with van der Waals surface area (Å²) in [5.74, 6) is -1.23. The van der Waals surface area contributed by atoms with Crippen molar-refractivity contribution in [3.8, 4) is 5.88 Å². The van der Waals surface area contributed by atoms with Crippen LogP contribution in [0, 0.1) is 0 Å². The highest BCUT2D eigenvalue weighted by Crippen LogP contribution is 2.33. The molecule has 0 unspecified atom stereocenters. The number of alkyl halides is 3. The van der Waals surface area contributed by atoms with Crippen LogP contribution in [0.1, 0.15) is 15.9 Å². The number of ether oxygens (including phenoxy) is 2. The molecule has 0 aliphatic rings. The van der Waals surface area contributed by atoms with Crippen molar-refractivity contribution in [2.75, 3.05) is 13.7 Å². The molecule has 21 heavy (non-hydrogen) atoms. The molecule has 8 heteroatoms. The van der Waals surface area contributed by atoms with Gasteiger partial charge in [0.1, 0.15) is 0 Å². The Morgan fingerprint density at radius 1 is 1.33 bits per heavy atom. The van der Waals surface area contributed by atoms with E-state index < -0.39 is 31.3 Å². The van der Waals surface area contributed by atoms with Gasteiger partial charge in [0.2, 0.25) is 5.88 Å². The van der Waals surface area contributed by atoms with Crippen LogP contribution in [0.4, 0.5) is 13.2 Å². The third-order valence-corrected chi connectivity index (χ3v) is 4.40. The summed E-state index contributed by atoms with van der Waals surface area (Å²) in [6.07, 6.45) is -3.85. The fourth-order valence-electron chi connectivity index (χ4n) is 1.48. The van der Waals surface area contributed by atoms with E-state index in [-0.39, 0.29) is 5.88 Å². The number of hydrogen-bond donors (Lipinski definition) is 0. The molecule has 118 valence electrons. The van der Waals surface area contributed by atoms with Crippen LogP contribution >= 0.6 is 0 Å². The minimum atomic E-state index is -4.68. The smallest absolute Gasteiger partial charge is 0.417 e. The summed E-state index contributed by atoms with van der Waals surface area (Å²) in [7, 11) is -0.330. The highest BCUT2D eigenvalue weighted by molar-refractivity contribution is 6.76. The van der Waals surface area contributed by atoms with Gasteiger partial charge in [-0.15, -0.1) is 0 Å². The van der Waals surface area contributed by atoms with Gasteiger partial charge >= 0.3 is 12.1 Å². The Balaban J connectivity index is 2.97. The summed E-state index contributed by atoms with van der Waals surface area (Å²) in [5, 5.41) is 0. The molecule has 4 nitrogen and oxygen atoms in total. The highest BCUT2D eigenvalue weighted by atomic mass is 28.3. The largest absolute Gasteiger partial charge is 0.478 e. The lowest BCUT2D eigenvalue weighted by atomic mass is 10.1. The lowest BCUT2D eigenvalue weighted by molar-refractivity contribution is -0.138. The number of carbonyl (C=O) groups excluding carboxylic acids is 1. The molecule has 1 heterocycles. The average molecular weight is 321 g/mol. The quantitative estimate of drug-likeness (QED) is 0.614. The van der Waals surface area contributed by atoms with E-state index in [1.54, 1.807) is 0 Å². The van der Waals surface area contributed by atoms with Crippen molar-refractivity contribution in [1.82, 2.24) is 4.98 Å². The molecule has 0 N–H and O–H groups in total. The first-order chi connectivity index (χ1) is 9.54. The molecule has 0 aliphatic carbocycles. The van der Waals surface area contributed by atoms with Crippen LogP contribution in [0.15, 0.2) is 12.3 Å². The number of halogens is 3. The molecule has 0 bridgehead atoms. The van der Waals surface area contributed by atoms with Gasteiger partial charge in [-0.25, -0.2) is 9.78 Å². The zero-order valence-corrected chi connectivity index (χ0v) is 13.4. The molecule has 0 amide bonds. The first-order valence-corrected chi connectivity index (χ1v) is 10.0. The molecule has 0 spiro atoms. The number of rotatable bonds is 5. The van der Waals surface area contributed by atoms with Gasteiger partial charge < -0.3 is 9.47 Å². The second-order valence-corrected chi connectivity index (χ2v) is 11.3. The fourth-order valence-corrected chi connectivity index (χ4v) is 2.20. The highest BCUT2D eigenvalue weighted by Gasteiger charge is 2.36. The van der Waals surface area contributed by atoms with Crippen LogP contribution in [0.5, 0.6) is 5.88 Å². The topological polar surface area (TPSA) is 48.4 Å². The molecule has 0 aromatic carbocycles. The van der Waals surface area contributed by atoms with E-state index in [2.05, 4.69) is 29.4 Å². The molecule has 1 aromatic heterocycles. The Labute approximate surface area is 122 Å². The predicted octanol–water partition coefficient (Wildman–Crippen LogP) is 3.60. The monoisotopic (exact) mass is 321 g/mol. The van der Waals surface area contributed by atoms with Crippen molar-refractivity contribution in [3.05, 3.63) is 23.4 Å². The van der Waals surface area contributed by atoms with E-state index in [9.17, 15) is 18.0 Å². The zero-order chi connectivity index (χ0) is 16.3. The average Bonchev–Trinajstić information content (AvgIpc) is 2.35. The second kappa shape index (κ2) is 6.46. The van der Waals surface area contributed by atoms with Gasteiger partial charge in [-0.3, -0.25) is 0 Å². The maximum atomic E-state index is 13.0. The number of aromatic nitrogens is 1. The van der Waals surface area contributed by atoms with Gasteiger partial charge in [-0.2, -0.15) is 13.2 Å². The van der Waals surface area contributed by atoms with Crippen molar-refractivity contribution in [1.29, 1.82) is 0 Å². The van der Waals surface area contributed by atoms with Crippen molar-refractivity contribution in [2.45, 2.75) is 31.9 Å². The number of methoxy groups -OCH3 is 1. The normalized spacial score (nSPS) is 12.1. The molecule has 0 radical (unpaired) electrons. The Morgan fingerprint density at radius 3 is 2.43 bits per heavy atom. The van der Waals surface area contributed by atoms with E-state index in [0.717, 1.165) is 25.4 Å². The lowest BCUT2D eigenvalue weighted by Crippen LogP contribution is -2.23. The van der Waals surface area contributed by atoms with Gasteiger partial charge in [-0.1, -0.05) is 19.6 Å². The summed E-state index contributed by atoms with van der Waals surface area (Å²) >= 11 is 0. The lowest BCUT2D eigenvalue weighted by Gasteiger charge is -2.16. The number of hydrogen-bond acceptors (Lipinski definition) is 4. The van der Waals surface area contributed by atoms with Crippen LogP contribution in [0.3, 0.4) is 0 Å². The minimum Gasteiger partial charge on any atom is -0.478 e. The second-order valence-electron chi connectivity index (χ2n) is 5.72. The van der Waals surface area contributed by atoms with Crippen LogP contribution < -0.4 is 4.74 Å². The standard InChI is InChI=1S/C13H18F3NO3Si/c1-19-12(18)9-8-17-11(7-10(9)13(14,15)16)20-5-6-21(2,3)4/h7-8H,5-6H2,1-4H3. The van der Waals surface area contributed by atoms with Crippen LogP contribution in [0.2, 0.25) is 25.7 Å². The van der Waals surface area contributed by atoms with Gasteiger partial charge in [0.15, 0.2) is 0 Å². The molecule has 1 rings (SSSR count). The summed E-state index contributed by atoms with van der Waals surface area (Å²) in [5.41, 5.74) is -1.73. The zero-order valence-electron chi connectivity index (χ0n) is 12.4. The van der Waals surface area contributed by atoms with E-state index in [1.807, 2.05) is 0 Å². The maximum Gasteiger partial charge on any atom is 0.417 e.